The minimum absolute atomic E-state index is 0.342. The Morgan fingerprint density at radius 2 is 1.43 bits per heavy atom. The Morgan fingerprint density at radius 3 is 2.07 bits per heavy atom. The van der Waals surface area contributed by atoms with Crippen LogP contribution in [0.2, 0.25) is 0 Å². The number of hydrogen-bond acceptors (Lipinski definition) is 4. The van der Waals surface area contributed by atoms with E-state index in [4.69, 9.17) is 4.74 Å². The lowest BCUT2D eigenvalue weighted by Crippen LogP contribution is -2.41. The second kappa shape index (κ2) is 11.8. The maximum Gasteiger partial charge on any atom is 0.201 e. The lowest BCUT2D eigenvalue weighted by Gasteiger charge is -2.42. The lowest BCUT2D eigenvalue weighted by molar-refractivity contribution is 0.142. The van der Waals surface area contributed by atoms with Crippen LogP contribution >= 0.6 is 0 Å². The zero-order valence-corrected chi connectivity index (χ0v) is 27.2. The molecule has 6 rings (SSSR count). The molecular weight excluding hydrogens is 566 g/mol. The van der Waals surface area contributed by atoms with Gasteiger partial charge in [-0.25, -0.2) is 4.21 Å². The van der Waals surface area contributed by atoms with Crippen molar-refractivity contribution in [3.05, 3.63) is 113 Å². The number of benzene rings is 3. The molecule has 0 saturated heterocycles. The summed E-state index contributed by atoms with van der Waals surface area (Å²) in [5.74, 6) is 0.744. The van der Waals surface area contributed by atoms with Gasteiger partial charge in [-0.2, -0.15) is 0 Å². The molecular formula is C37H41N3O3S. The molecule has 0 spiro atoms. The maximum atomic E-state index is 13.3. The average molecular weight is 608 g/mol. The summed E-state index contributed by atoms with van der Waals surface area (Å²) in [7, 11) is 0. The molecule has 3 aromatic carbocycles. The van der Waals surface area contributed by atoms with Crippen molar-refractivity contribution in [2.45, 2.75) is 52.0 Å². The summed E-state index contributed by atoms with van der Waals surface area (Å²) in [4.78, 5) is 4.86. The van der Waals surface area contributed by atoms with Gasteiger partial charge in [-0.3, -0.25) is 0 Å². The first-order valence-electron chi connectivity index (χ1n) is 15.5. The molecule has 2 aromatic heterocycles. The number of nitrogens with zero attached hydrogens (tertiary/aromatic N) is 3. The summed E-state index contributed by atoms with van der Waals surface area (Å²) in [6.45, 7) is 16.1. The molecule has 2 unspecified atom stereocenters. The van der Waals surface area contributed by atoms with E-state index in [1.807, 2.05) is 30.3 Å². The fourth-order valence-corrected chi connectivity index (χ4v) is 7.54. The van der Waals surface area contributed by atoms with E-state index in [0.29, 0.717) is 10.5 Å². The molecule has 0 bridgehead atoms. The summed E-state index contributed by atoms with van der Waals surface area (Å²) >= 11 is -2.28. The first kappa shape index (κ1) is 30.0. The van der Waals surface area contributed by atoms with E-state index >= 15 is 0 Å². The predicted molar refractivity (Wildman–Crippen MR) is 182 cm³/mol. The van der Waals surface area contributed by atoms with E-state index in [2.05, 4.69) is 110 Å². The van der Waals surface area contributed by atoms with Crippen LogP contribution in [-0.2, 0) is 16.7 Å². The summed E-state index contributed by atoms with van der Waals surface area (Å²) in [6.07, 6.45) is 2.06. The van der Waals surface area contributed by atoms with Crippen LogP contribution in [0.3, 0.4) is 0 Å². The second-order valence-electron chi connectivity index (χ2n) is 11.5. The molecule has 5 aromatic rings. The number of aryl methyl sites for hydroxylation is 2. The molecule has 0 aliphatic carbocycles. The van der Waals surface area contributed by atoms with E-state index in [-0.39, 0.29) is 0 Å². The van der Waals surface area contributed by atoms with Gasteiger partial charge in [0.2, 0.25) is 5.60 Å². The largest absolute Gasteiger partial charge is 0.471 e. The van der Waals surface area contributed by atoms with Crippen molar-refractivity contribution in [2.75, 3.05) is 36.0 Å². The van der Waals surface area contributed by atoms with Crippen LogP contribution in [0.5, 0.6) is 5.75 Å². The number of pyridine rings is 1. The van der Waals surface area contributed by atoms with Crippen LogP contribution in [0.25, 0.3) is 16.6 Å². The third-order valence-electron chi connectivity index (χ3n) is 9.08. The van der Waals surface area contributed by atoms with Crippen molar-refractivity contribution in [3.63, 3.8) is 0 Å². The van der Waals surface area contributed by atoms with E-state index in [0.717, 1.165) is 82.3 Å². The van der Waals surface area contributed by atoms with Crippen molar-refractivity contribution in [1.82, 2.24) is 4.40 Å². The molecule has 1 aliphatic heterocycles. The highest BCUT2D eigenvalue weighted by Crippen LogP contribution is 2.54. The Bertz CT molecular complexity index is 1870. The van der Waals surface area contributed by atoms with Crippen LogP contribution in [0.1, 0.15) is 55.6 Å². The SMILES string of the molecule is CCN(CC)c1ccc(C2(c3ccc(N(CC)CC)cc3S(=O)O)Oc3ccc(C)cc3-c3cc4ccccn4c32)c(C)c1. The van der Waals surface area contributed by atoms with Crippen molar-refractivity contribution < 1.29 is 13.5 Å². The van der Waals surface area contributed by atoms with Gasteiger partial charge in [0.15, 0.2) is 11.1 Å². The van der Waals surface area contributed by atoms with Crippen LogP contribution in [0.4, 0.5) is 11.4 Å². The quantitative estimate of drug-likeness (QED) is 0.171. The van der Waals surface area contributed by atoms with Crippen LogP contribution in [-0.4, -0.2) is 39.3 Å². The molecule has 1 N–H and O–H groups in total. The minimum atomic E-state index is -2.28. The monoisotopic (exact) mass is 607 g/mol. The summed E-state index contributed by atoms with van der Waals surface area (Å²) in [5, 5.41) is 0. The normalized spacial score (nSPS) is 16.2. The lowest BCUT2D eigenvalue weighted by atomic mass is 9.76. The van der Waals surface area contributed by atoms with Crippen LogP contribution in [0.15, 0.2) is 90.0 Å². The molecule has 0 fully saturated rings. The highest BCUT2D eigenvalue weighted by Gasteiger charge is 2.49. The zero-order chi connectivity index (χ0) is 31.2. The number of rotatable bonds is 9. The Kier molecular flexibility index (Phi) is 8.03. The first-order valence-corrected chi connectivity index (χ1v) is 16.6. The molecule has 2 atom stereocenters. The molecule has 0 saturated carbocycles. The van der Waals surface area contributed by atoms with Crippen molar-refractivity contribution >= 4 is 28.0 Å². The van der Waals surface area contributed by atoms with E-state index < -0.39 is 16.7 Å². The number of aromatic nitrogens is 1. The van der Waals surface area contributed by atoms with E-state index in [1.54, 1.807) is 0 Å². The molecule has 1 aliphatic rings. The molecule has 3 heterocycles. The zero-order valence-electron chi connectivity index (χ0n) is 26.4. The van der Waals surface area contributed by atoms with Gasteiger partial charge in [0.25, 0.3) is 0 Å². The minimum Gasteiger partial charge on any atom is -0.471 e. The second-order valence-corrected chi connectivity index (χ2v) is 12.4. The first-order chi connectivity index (χ1) is 21.3. The Hall–Kier alpha value is -4.07. The fraction of sp³-hybridized carbons (Fsp3) is 0.297. The predicted octanol–water partition coefficient (Wildman–Crippen LogP) is 8.18. The Morgan fingerprint density at radius 1 is 0.773 bits per heavy atom. The third kappa shape index (κ3) is 4.70. The number of ether oxygens (including phenoxy) is 1. The molecule has 0 radical (unpaired) electrons. The van der Waals surface area contributed by atoms with E-state index in [1.165, 1.54) is 0 Å². The highest BCUT2D eigenvalue weighted by atomic mass is 32.2. The van der Waals surface area contributed by atoms with Gasteiger partial charge in [-0.15, -0.1) is 0 Å². The third-order valence-corrected chi connectivity index (χ3v) is 9.79. The van der Waals surface area contributed by atoms with Crippen molar-refractivity contribution in [1.29, 1.82) is 0 Å². The maximum absolute atomic E-state index is 13.3. The van der Waals surface area contributed by atoms with Gasteiger partial charge < -0.3 is 23.5 Å². The van der Waals surface area contributed by atoms with Gasteiger partial charge in [-0.05, 0) is 102 Å². The molecule has 7 heteroatoms. The summed E-state index contributed by atoms with van der Waals surface area (Å²) in [5.41, 5.74) is 8.64. The Balaban J connectivity index is 1.76. The van der Waals surface area contributed by atoms with Gasteiger partial charge >= 0.3 is 0 Å². The van der Waals surface area contributed by atoms with Crippen molar-refractivity contribution in [3.8, 4) is 16.9 Å². The van der Waals surface area contributed by atoms with Gasteiger partial charge in [0, 0.05) is 71.5 Å². The topological polar surface area (TPSA) is 57.4 Å². The Labute approximate surface area is 263 Å². The number of fused-ring (bicyclic) bond motifs is 5. The van der Waals surface area contributed by atoms with Gasteiger partial charge in [-0.1, -0.05) is 29.8 Å². The smallest absolute Gasteiger partial charge is 0.201 e. The molecule has 6 nitrogen and oxygen atoms in total. The van der Waals surface area contributed by atoms with Gasteiger partial charge in [0.1, 0.15) is 5.75 Å². The highest BCUT2D eigenvalue weighted by molar-refractivity contribution is 7.79. The van der Waals surface area contributed by atoms with Crippen LogP contribution < -0.4 is 14.5 Å². The fourth-order valence-electron chi connectivity index (χ4n) is 6.92. The molecule has 228 valence electrons. The summed E-state index contributed by atoms with van der Waals surface area (Å²) < 4.78 is 33.8. The van der Waals surface area contributed by atoms with E-state index in [9.17, 15) is 8.76 Å². The number of hydrogen-bond donors (Lipinski definition) is 1. The van der Waals surface area contributed by atoms with Crippen molar-refractivity contribution in [2.24, 2.45) is 0 Å². The number of anilines is 2. The van der Waals surface area contributed by atoms with Gasteiger partial charge in [0.05, 0.1) is 10.6 Å². The standard InChI is InChI=1S/C37H41N3O3S/c1-7-38(8-2)27-15-17-32(26(6)22-27)37(33-18-16-28(39(9-3)10-4)24-35(33)44(41)42)36-31(23-29-13-11-12-20-40(29)36)30-21-25(5)14-19-34(30)43-37/h11-24H,7-10H2,1-6H3,(H,41,42). The molecule has 0 amide bonds. The summed E-state index contributed by atoms with van der Waals surface area (Å²) in [6, 6.07) is 27.1. The van der Waals surface area contributed by atoms with Crippen LogP contribution in [0, 0.1) is 13.8 Å². The average Bonchev–Trinajstić information content (AvgIpc) is 3.43. The molecule has 44 heavy (non-hydrogen) atoms.